The molecule has 0 saturated carbocycles. The fourth-order valence-electron chi connectivity index (χ4n) is 2.42. The summed E-state index contributed by atoms with van der Waals surface area (Å²) in [7, 11) is 0. The third kappa shape index (κ3) is 3.55. The van der Waals surface area contributed by atoms with Crippen LogP contribution >= 0.6 is 11.6 Å². The topological polar surface area (TPSA) is 80.0 Å². The molecule has 1 heterocycles. The smallest absolute Gasteiger partial charge is 0.291 e. The van der Waals surface area contributed by atoms with Gasteiger partial charge in [0.2, 0.25) is 5.82 Å². The van der Waals surface area contributed by atoms with Crippen LogP contribution in [0.5, 0.6) is 0 Å². The van der Waals surface area contributed by atoms with E-state index in [9.17, 15) is 4.79 Å². The number of aliphatic hydroxyl groups excluding tert-OH is 1. The second-order valence-corrected chi connectivity index (χ2v) is 5.81. The van der Waals surface area contributed by atoms with E-state index in [4.69, 9.17) is 16.7 Å². The summed E-state index contributed by atoms with van der Waals surface area (Å²) < 4.78 is 1.62. The zero-order valence-corrected chi connectivity index (χ0v) is 14.4. The van der Waals surface area contributed by atoms with Crippen molar-refractivity contribution < 1.29 is 9.90 Å². The van der Waals surface area contributed by atoms with Crippen LogP contribution in [-0.2, 0) is 0 Å². The van der Waals surface area contributed by atoms with Crippen LogP contribution in [0.15, 0.2) is 48.5 Å². The third-order valence-corrected chi connectivity index (χ3v) is 4.12. The molecule has 128 valence electrons. The summed E-state index contributed by atoms with van der Waals surface area (Å²) in [6.45, 7) is 1.88. The van der Waals surface area contributed by atoms with E-state index in [1.54, 1.807) is 10.7 Å². The highest BCUT2D eigenvalue weighted by Gasteiger charge is 2.19. The molecular weight excluding hydrogens is 340 g/mol. The summed E-state index contributed by atoms with van der Waals surface area (Å²) in [5.74, 6) is 0.136. The van der Waals surface area contributed by atoms with Crippen molar-refractivity contribution in [2.45, 2.75) is 6.92 Å². The molecule has 0 radical (unpaired) electrons. The quantitative estimate of drug-likeness (QED) is 0.736. The Morgan fingerprint density at radius 3 is 2.68 bits per heavy atom. The zero-order valence-electron chi connectivity index (χ0n) is 13.6. The van der Waals surface area contributed by atoms with Gasteiger partial charge in [0.25, 0.3) is 5.91 Å². The standard InChI is InChI=1S/C18H17ClN4O2/c1-12-14(19)8-5-9-15(12)23-17(13-6-3-2-4-7-13)21-16(22-23)18(25)20-10-11-24/h2-9,24H,10-11H2,1H3,(H,20,25). The van der Waals surface area contributed by atoms with Gasteiger partial charge in [-0.1, -0.05) is 48.0 Å². The van der Waals surface area contributed by atoms with Crippen LogP contribution < -0.4 is 5.32 Å². The Hall–Kier alpha value is -2.70. The van der Waals surface area contributed by atoms with Crippen molar-refractivity contribution in [3.8, 4) is 17.1 Å². The molecule has 1 aromatic heterocycles. The van der Waals surface area contributed by atoms with Crippen LogP contribution in [0, 0.1) is 6.92 Å². The van der Waals surface area contributed by atoms with Gasteiger partial charge in [0.1, 0.15) is 0 Å². The Bertz CT molecular complexity index is 893. The van der Waals surface area contributed by atoms with Gasteiger partial charge < -0.3 is 10.4 Å². The Balaban J connectivity index is 2.14. The van der Waals surface area contributed by atoms with Crippen molar-refractivity contribution in [1.29, 1.82) is 0 Å². The van der Waals surface area contributed by atoms with Crippen molar-refractivity contribution in [2.24, 2.45) is 0 Å². The predicted molar refractivity (Wildman–Crippen MR) is 96.0 cm³/mol. The Morgan fingerprint density at radius 1 is 1.20 bits per heavy atom. The number of rotatable bonds is 5. The van der Waals surface area contributed by atoms with Crippen LogP contribution in [0.25, 0.3) is 17.1 Å². The maximum atomic E-state index is 12.2. The van der Waals surface area contributed by atoms with Crippen molar-refractivity contribution in [1.82, 2.24) is 20.1 Å². The van der Waals surface area contributed by atoms with Crippen LogP contribution in [0.4, 0.5) is 0 Å². The van der Waals surface area contributed by atoms with E-state index in [1.807, 2.05) is 49.4 Å². The van der Waals surface area contributed by atoms with Crippen LogP contribution in [-0.4, -0.2) is 38.9 Å². The van der Waals surface area contributed by atoms with Gasteiger partial charge in [-0.2, -0.15) is 0 Å². The zero-order chi connectivity index (χ0) is 17.8. The molecule has 7 heteroatoms. The molecule has 0 aliphatic carbocycles. The van der Waals surface area contributed by atoms with Gasteiger partial charge in [-0.15, -0.1) is 5.10 Å². The minimum absolute atomic E-state index is 0.0340. The van der Waals surface area contributed by atoms with Crippen molar-refractivity contribution in [3.05, 3.63) is 64.9 Å². The number of benzene rings is 2. The number of amides is 1. The minimum Gasteiger partial charge on any atom is -0.395 e. The molecule has 0 aliphatic rings. The number of hydrogen-bond donors (Lipinski definition) is 2. The van der Waals surface area contributed by atoms with Crippen LogP contribution in [0.2, 0.25) is 5.02 Å². The average Bonchev–Trinajstić information content (AvgIpc) is 3.08. The molecule has 1 amide bonds. The van der Waals surface area contributed by atoms with Gasteiger partial charge in [-0.05, 0) is 24.6 Å². The number of hydrogen-bond acceptors (Lipinski definition) is 4. The first-order valence-electron chi connectivity index (χ1n) is 7.79. The number of nitrogens with one attached hydrogen (secondary N) is 1. The first-order valence-corrected chi connectivity index (χ1v) is 8.16. The molecular formula is C18H17ClN4O2. The maximum absolute atomic E-state index is 12.2. The largest absolute Gasteiger partial charge is 0.395 e. The Labute approximate surface area is 150 Å². The van der Waals surface area contributed by atoms with Gasteiger partial charge in [0, 0.05) is 17.1 Å². The van der Waals surface area contributed by atoms with E-state index in [0.717, 1.165) is 16.8 Å². The first-order chi connectivity index (χ1) is 12.1. The highest BCUT2D eigenvalue weighted by Crippen LogP contribution is 2.26. The highest BCUT2D eigenvalue weighted by molar-refractivity contribution is 6.31. The number of aromatic nitrogens is 3. The number of carbonyl (C=O) groups excluding carboxylic acids is 1. The first kappa shape index (κ1) is 17.1. The van der Waals surface area contributed by atoms with Gasteiger partial charge in [0.05, 0.1) is 12.3 Å². The third-order valence-electron chi connectivity index (χ3n) is 3.71. The number of nitrogens with zero attached hydrogens (tertiary/aromatic N) is 3. The molecule has 2 N–H and O–H groups in total. The van der Waals surface area contributed by atoms with Crippen LogP contribution in [0.1, 0.15) is 16.2 Å². The molecule has 3 aromatic rings. The summed E-state index contributed by atoms with van der Waals surface area (Å²) in [5, 5.41) is 16.4. The average molecular weight is 357 g/mol. The monoisotopic (exact) mass is 356 g/mol. The second kappa shape index (κ2) is 7.46. The van der Waals surface area contributed by atoms with Crippen molar-refractivity contribution in [2.75, 3.05) is 13.2 Å². The number of carbonyl (C=O) groups is 1. The summed E-state index contributed by atoms with van der Waals surface area (Å²) in [6.07, 6.45) is 0. The fraction of sp³-hybridized carbons (Fsp3) is 0.167. The molecule has 25 heavy (non-hydrogen) atoms. The number of aliphatic hydroxyl groups is 1. The van der Waals surface area contributed by atoms with E-state index in [0.29, 0.717) is 10.8 Å². The lowest BCUT2D eigenvalue weighted by atomic mass is 10.2. The lowest BCUT2D eigenvalue weighted by molar-refractivity contribution is 0.0934. The molecule has 6 nitrogen and oxygen atoms in total. The SMILES string of the molecule is Cc1c(Cl)cccc1-n1nc(C(=O)NCCO)nc1-c1ccccc1. The Morgan fingerprint density at radius 2 is 1.96 bits per heavy atom. The second-order valence-electron chi connectivity index (χ2n) is 5.40. The normalized spacial score (nSPS) is 10.7. The van der Waals surface area contributed by atoms with E-state index < -0.39 is 5.91 Å². The summed E-state index contributed by atoms with van der Waals surface area (Å²) in [4.78, 5) is 16.6. The molecule has 0 bridgehead atoms. The fourth-order valence-corrected chi connectivity index (χ4v) is 2.59. The minimum atomic E-state index is -0.440. The van der Waals surface area contributed by atoms with Crippen molar-refractivity contribution >= 4 is 17.5 Å². The molecule has 0 fully saturated rings. The molecule has 2 aromatic carbocycles. The summed E-state index contributed by atoms with van der Waals surface area (Å²) in [5.41, 5.74) is 2.42. The molecule has 0 atom stereocenters. The Kier molecular flexibility index (Phi) is 5.11. The molecule has 0 aliphatic heterocycles. The lowest BCUT2D eigenvalue weighted by Crippen LogP contribution is -2.27. The van der Waals surface area contributed by atoms with E-state index in [-0.39, 0.29) is 19.0 Å². The van der Waals surface area contributed by atoms with Gasteiger partial charge in [-0.3, -0.25) is 4.79 Å². The highest BCUT2D eigenvalue weighted by atomic mass is 35.5. The van der Waals surface area contributed by atoms with E-state index >= 15 is 0 Å². The summed E-state index contributed by atoms with van der Waals surface area (Å²) in [6, 6.07) is 15.0. The molecule has 0 spiro atoms. The van der Waals surface area contributed by atoms with Crippen molar-refractivity contribution in [3.63, 3.8) is 0 Å². The van der Waals surface area contributed by atoms with Gasteiger partial charge in [0.15, 0.2) is 5.82 Å². The summed E-state index contributed by atoms with van der Waals surface area (Å²) >= 11 is 6.23. The van der Waals surface area contributed by atoms with Crippen LogP contribution in [0.3, 0.4) is 0 Å². The van der Waals surface area contributed by atoms with E-state index in [1.165, 1.54) is 0 Å². The number of halogens is 1. The lowest BCUT2D eigenvalue weighted by Gasteiger charge is -2.10. The van der Waals surface area contributed by atoms with Gasteiger partial charge in [-0.25, -0.2) is 9.67 Å². The maximum Gasteiger partial charge on any atom is 0.291 e. The van der Waals surface area contributed by atoms with E-state index in [2.05, 4.69) is 15.4 Å². The molecule has 3 rings (SSSR count). The van der Waals surface area contributed by atoms with Gasteiger partial charge >= 0.3 is 0 Å². The molecule has 0 unspecified atom stereocenters. The molecule has 0 saturated heterocycles. The predicted octanol–water partition coefficient (Wildman–Crippen LogP) is 2.62.